The van der Waals surface area contributed by atoms with Gasteiger partial charge >= 0.3 is 0 Å². The van der Waals surface area contributed by atoms with Crippen molar-refractivity contribution in [3.05, 3.63) is 46.2 Å². The average Bonchev–Trinajstić information content (AvgIpc) is 2.82. The van der Waals surface area contributed by atoms with Crippen LogP contribution in [0.3, 0.4) is 0 Å². The largest absolute Gasteiger partial charge is 0.397 e. The van der Waals surface area contributed by atoms with Crippen LogP contribution in [0, 0.1) is 6.92 Å². The van der Waals surface area contributed by atoms with Crippen LogP contribution < -0.4 is 11.1 Å². The highest BCUT2D eigenvalue weighted by atomic mass is 32.1. The summed E-state index contributed by atoms with van der Waals surface area (Å²) >= 11 is 1.80. The SMILES string of the molecule is Cc1cccc(N)c1NCC(C)(C)c1cccs1. The van der Waals surface area contributed by atoms with Gasteiger partial charge in [-0.15, -0.1) is 11.3 Å². The van der Waals surface area contributed by atoms with E-state index in [4.69, 9.17) is 5.73 Å². The third kappa shape index (κ3) is 2.67. The van der Waals surface area contributed by atoms with Crippen LogP contribution in [0.25, 0.3) is 0 Å². The number of nitrogen functional groups attached to an aromatic ring is 1. The number of anilines is 2. The Morgan fingerprint density at radius 3 is 2.61 bits per heavy atom. The number of nitrogens with two attached hydrogens (primary N) is 1. The second-order valence-electron chi connectivity index (χ2n) is 5.25. The lowest BCUT2D eigenvalue weighted by Crippen LogP contribution is -2.27. The summed E-state index contributed by atoms with van der Waals surface area (Å²) in [5.74, 6) is 0. The van der Waals surface area contributed by atoms with Crippen molar-refractivity contribution in [1.29, 1.82) is 0 Å². The predicted molar refractivity (Wildman–Crippen MR) is 81.4 cm³/mol. The molecule has 3 heteroatoms. The molecule has 96 valence electrons. The van der Waals surface area contributed by atoms with E-state index in [2.05, 4.69) is 49.7 Å². The number of rotatable bonds is 4. The second-order valence-corrected chi connectivity index (χ2v) is 6.20. The number of aryl methyl sites for hydroxylation is 1. The molecular weight excluding hydrogens is 240 g/mol. The standard InChI is InChI=1S/C15H20N2S/c1-11-6-4-7-12(16)14(11)17-10-15(2,3)13-8-5-9-18-13/h4-9,17H,10,16H2,1-3H3. The number of hydrogen-bond acceptors (Lipinski definition) is 3. The number of benzene rings is 1. The van der Waals surface area contributed by atoms with Crippen molar-refractivity contribution < 1.29 is 0 Å². The second kappa shape index (κ2) is 5.02. The van der Waals surface area contributed by atoms with Gasteiger partial charge in [-0.05, 0) is 30.0 Å². The van der Waals surface area contributed by atoms with E-state index in [9.17, 15) is 0 Å². The summed E-state index contributed by atoms with van der Waals surface area (Å²) in [6.45, 7) is 7.46. The molecule has 0 aliphatic carbocycles. The van der Waals surface area contributed by atoms with Crippen LogP contribution in [-0.4, -0.2) is 6.54 Å². The van der Waals surface area contributed by atoms with E-state index in [1.54, 1.807) is 11.3 Å². The fraction of sp³-hybridized carbons (Fsp3) is 0.333. The van der Waals surface area contributed by atoms with Crippen LogP contribution in [0.15, 0.2) is 35.7 Å². The lowest BCUT2D eigenvalue weighted by Gasteiger charge is -2.25. The third-order valence-corrected chi connectivity index (χ3v) is 4.44. The van der Waals surface area contributed by atoms with Crippen molar-refractivity contribution in [2.45, 2.75) is 26.2 Å². The number of hydrogen-bond donors (Lipinski definition) is 2. The molecule has 0 amide bonds. The molecule has 2 rings (SSSR count). The highest BCUT2D eigenvalue weighted by molar-refractivity contribution is 7.10. The fourth-order valence-corrected chi connectivity index (χ4v) is 2.84. The molecule has 1 aromatic heterocycles. The summed E-state index contributed by atoms with van der Waals surface area (Å²) in [5.41, 5.74) is 9.19. The van der Waals surface area contributed by atoms with Gasteiger partial charge in [-0.1, -0.05) is 32.0 Å². The Balaban J connectivity index is 2.12. The van der Waals surface area contributed by atoms with Gasteiger partial charge in [-0.3, -0.25) is 0 Å². The van der Waals surface area contributed by atoms with Gasteiger partial charge in [-0.2, -0.15) is 0 Å². The molecule has 0 saturated carbocycles. The van der Waals surface area contributed by atoms with Crippen LogP contribution in [0.2, 0.25) is 0 Å². The normalized spacial score (nSPS) is 11.5. The minimum atomic E-state index is 0.114. The Bertz CT molecular complexity index is 495. The monoisotopic (exact) mass is 260 g/mol. The zero-order chi connectivity index (χ0) is 13.2. The molecule has 0 aliphatic heterocycles. The molecule has 18 heavy (non-hydrogen) atoms. The van der Waals surface area contributed by atoms with Crippen molar-refractivity contribution >= 4 is 22.7 Å². The van der Waals surface area contributed by atoms with Gasteiger partial charge in [-0.25, -0.2) is 0 Å². The van der Waals surface area contributed by atoms with Crippen LogP contribution in [0.4, 0.5) is 11.4 Å². The molecule has 0 unspecified atom stereocenters. The zero-order valence-electron chi connectivity index (χ0n) is 11.2. The first-order valence-corrected chi connectivity index (χ1v) is 7.01. The molecule has 0 aliphatic rings. The summed E-state index contributed by atoms with van der Waals surface area (Å²) in [5, 5.41) is 5.62. The van der Waals surface area contributed by atoms with Gasteiger partial charge in [0.2, 0.25) is 0 Å². The molecule has 0 atom stereocenters. The molecule has 1 aromatic carbocycles. The molecule has 0 saturated heterocycles. The molecule has 1 heterocycles. The van der Waals surface area contributed by atoms with E-state index in [1.807, 2.05) is 12.1 Å². The number of para-hydroxylation sites is 1. The molecular formula is C15H20N2S. The van der Waals surface area contributed by atoms with Crippen LogP contribution in [0.1, 0.15) is 24.3 Å². The summed E-state index contributed by atoms with van der Waals surface area (Å²) < 4.78 is 0. The summed E-state index contributed by atoms with van der Waals surface area (Å²) in [7, 11) is 0. The van der Waals surface area contributed by atoms with E-state index in [0.29, 0.717) is 0 Å². The summed E-state index contributed by atoms with van der Waals surface area (Å²) in [6.07, 6.45) is 0. The Morgan fingerprint density at radius 2 is 2.00 bits per heavy atom. The third-order valence-electron chi connectivity index (χ3n) is 3.20. The molecule has 0 bridgehead atoms. The van der Waals surface area contributed by atoms with Crippen molar-refractivity contribution in [2.75, 3.05) is 17.6 Å². The molecule has 3 N–H and O–H groups in total. The van der Waals surface area contributed by atoms with Crippen molar-refractivity contribution in [1.82, 2.24) is 0 Å². The van der Waals surface area contributed by atoms with Gasteiger partial charge in [0.1, 0.15) is 0 Å². The van der Waals surface area contributed by atoms with Crippen LogP contribution in [0.5, 0.6) is 0 Å². The minimum absolute atomic E-state index is 0.114. The quantitative estimate of drug-likeness (QED) is 0.815. The van der Waals surface area contributed by atoms with Crippen molar-refractivity contribution in [2.24, 2.45) is 0 Å². The number of thiophene rings is 1. The van der Waals surface area contributed by atoms with Gasteiger partial charge in [0.05, 0.1) is 11.4 Å². The Kier molecular flexibility index (Phi) is 3.62. The Hall–Kier alpha value is -1.48. The number of nitrogens with one attached hydrogen (secondary N) is 1. The first-order valence-electron chi connectivity index (χ1n) is 6.13. The van der Waals surface area contributed by atoms with E-state index < -0.39 is 0 Å². The van der Waals surface area contributed by atoms with Gasteiger partial charge < -0.3 is 11.1 Å². The van der Waals surface area contributed by atoms with E-state index >= 15 is 0 Å². The molecule has 0 spiro atoms. The Morgan fingerprint density at radius 1 is 1.22 bits per heavy atom. The molecule has 2 aromatic rings. The Labute approximate surface area is 113 Å². The lowest BCUT2D eigenvalue weighted by atomic mass is 9.91. The molecule has 0 radical (unpaired) electrons. The van der Waals surface area contributed by atoms with E-state index in [-0.39, 0.29) is 5.41 Å². The maximum Gasteiger partial charge on any atom is 0.0603 e. The van der Waals surface area contributed by atoms with Crippen LogP contribution in [-0.2, 0) is 5.41 Å². The fourth-order valence-electron chi connectivity index (χ4n) is 1.99. The maximum absolute atomic E-state index is 6.01. The smallest absolute Gasteiger partial charge is 0.0603 e. The van der Waals surface area contributed by atoms with Gasteiger partial charge in [0, 0.05) is 16.8 Å². The average molecular weight is 260 g/mol. The first-order chi connectivity index (χ1) is 8.50. The highest BCUT2D eigenvalue weighted by Crippen LogP contribution is 2.29. The van der Waals surface area contributed by atoms with Gasteiger partial charge in [0.25, 0.3) is 0 Å². The van der Waals surface area contributed by atoms with Crippen molar-refractivity contribution in [3.63, 3.8) is 0 Å². The lowest BCUT2D eigenvalue weighted by molar-refractivity contribution is 0.569. The zero-order valence-corrected chi connectivity index (χ0v) is 12.0. The van der Waals surface area contributed by atoms with Gasteiger partial charge in [0.15, 0.2) is 0 Å². The molecule has 2 nitrogen and oxygen atoms in total. The first kappa shape index (κ1) is 13.0. The maximum atomic E-state index is 6.01. The summed E-state index contributed by atoms with van der Waals surface area (Å²) in [6, 6.07) is 10.3. The van der Waals surface area contributed by atoms with Crippen molar-refractivity contribution in [3.8, 4) is 0 Å². The summed E-state index contributed by atoms with van der Waals surface area (Å²) in [4.78, 5) is 1.39. The predicted octanol–water partition coefficient (Wildman–Crippen LogP) is 4.03. The minimum Gasteiger partial charge on any atom is -0.397 e. The molecule has 0 fully saturated rings. The highest BCUT2D eigenvalue weighted by Gasteiger charge is 2.21. The van der Waals surface area contributed by atoms with E-state index in [0.717, 1.165) is 17.9 Å². The van der Waals surface area contributed by atoms with E-state index in [1.165, 1.54) is 10.4 Å². The topological polar surface area (TPSA) is 38.0 Å². The van der Waals surface area contributed by atoms with Crippen LogP contribution >= 0.6 is 11.3 Å².